The lowest BCUT2D eigenvalue weighted by molar-refractivity contribution is 0.0843. The molecule has 3 atom stereocenters. The largest absolute Gasteiger partial charge is 0.383 e. The topological polar surface area (TPSA) is 24.5 Å². The highest BCUT2D eigenvalue weighted by molar-refractivity contribution is 4.90. The van der Waals surface area contributed by atoms with Gasteiger partial charge in [0.15, 0.2) is 0 Å². The SMILES string of the molecule is CCCNC1CCC(C(C)(C)C)CC1CN(C)CCOC. The Balaban J connectivity index is 2.59. The Morgan fingerprint density at radius 1 is 1.24 bits per heavy atom. The first-order valence-corrected chi connectivity index (χ1v) is 8.79. The summed E-state index contributed by atoms with van der Waals surface area (Å²) in [7, 11) is 4.02. The minimum atomic E-state index is 0.444. The van der Waals surface area contributed by atoms with Crippen LogP contribution >= 0.6 is 0 Å². The van der Waals surface area contributed by atoms with Crippen molar-refractivity contribution < 1.29 is 4.74 Å². The maximum atomic E-state index is 5.21. The van der Waals surface area contributed by atoms with Crippen molar-refractivity contribution in [3.63, 3.8) is 0 Å². The molecule has 0 aromatic heterocycles. The Morgan fingerprint density at radius 3 is 2.52 bits per heavy atom. The van der Waals surface area contributed by atoms with E-state index in [1.807, 2.05) is 0 Å². The second kappa shape index (κ2) is 9.12. The molecule has 1 saturated carbocycles. The van der Waals surface area contributed by atoms with Crippen LogP contribution in [0.2, 0.25) is 0 Å². The number of rotatable bonds is 8. The molecule has 1 fully saturated rings. The van der Waals surface area contributed by atoms with Crippen LogP contribution in [0.25, 0.3) is 0 Å². The van der Waals surface area contributed by atoms with Gasteiger partial charge in [0.05, 0.1) is 6.61 Å². The summed E-state index contributed by atoms with van der Waals surface area (Å²) in [5.74, 6) is 1.63. The number of methoxy groups -OCH3 is 1. The van der Waals surface area contributed by atoms with Crippen LogP contribution in [0.4, 0.5) is 0 Å². The lowest BCUT2D eigenvalue weighted by Gasteiger charge is -2.43. The van der Waals surface area contributed by atoms with Gasteiger partial charge in [-0.3, -0.25) is 0 Å². The summed E-state index contributed by atoms with van der Waals surface area (Å²) in [6.07, 6.45) is 5.31. The van der Waals surface area contributed by atoms with Crippen LogP contribution < -0.4 is 5.32 Å². The van der Waals surface area contributed by atoms with Gasteiger partial charge in [-0.15, -0.1) is 0 Å². The van der Waals surface area contributed by atoms with Crippen molar-refractivity contribution in [3.05, 3.63) is 0 Å². The van der Waals surface area contributed by atoms with E-state index in [-0.39, 0.29) is 0 Å². The van der Waals surface area contributed by atoms with Gasteiger partial charge in [-0.1, -0.05) is 27.7 Å². The summed E-state index contributed by atoms with van der Waals surface area (Å²) in [6, 6.07) is 0.702. The molecule has 3 nitrogen and oxygen atoms in total. The van der Waals surface area contributed by atoms with Crippen LogP contribution in [0.1, 0.15) is 53.4 Å². The third kappa shape index (κ3) is 6.66. The van der Waals surface area contributed by atoms with E-state index in [1.165, 1.54) is 32.2 Å². The fourth-order valence-corrected chi connectivity index (χ4v) is 3.59. The molecule has 1 N–H and O–H groups in total. The van der Waals surface area contributed by atoms with Gasteiger partial charge >= 0.3 is 0 Å². The van der Waals surface area contributed by atoms with Crippen molar-refractivity contribution in [3.8, 4) is 0 Å². The molecule has 3 unspecified atom stereocenters. The van der Waals surface area contributed by atoms with Crippen molar-refractivity contribution in [2.45, 2.75) is 59.4 Å². The molecule has 1 rings (SSSR count). The Labute approximate surface area is 132 Å². The van der Waals surface area contributed by atoms with Crippen molar-refractivity contribution in [2.75, 3.05) is 40.4 Å². The van der Waals surface area contributed by atoms with E-state index in [1.54, 1.807) is 7.11 Å². The summed E-state index contributed by atoms with van der Waals surface area (Å²) in [5, 5.41) is 3.80. The summed E-state index contributed by atoms with van der Waals surface area (Å²) < 4.78 is 5.21. The Kier molecular flexibility index (Phi) is 8.22. The van der Waals surface area contributed by atoms with Crippen LogP contribution in [0.3, 0.4) is 0 Å². The summed E-state index contributed by atoms with van der Waals surface area (Å²) in [5.41, 5.74) is 0.444. The normalized spacial score (nSPS) is 27.3. The first kappa shape index (κ1) is 18.9. The second-order valence-corrected chi connectivity index (χ2v) is 7.95. The smallest absolute Gasteiger partial charge is 0.0589 e. The van der Waals surface area contributed by atoms with E-state index in [4.69, 9.17) is 4.74 Å². The number of nitrogens with zero attached hydrogens (tertiary/aromatic N) is 1. The molecule has 0 radical (unpaired) electrons. The molecular weight excluding hydrogens is 260 g/mol. The molecule has 0 aromatic rings. The van der Waals surface area contributed by atoms with Gasteiger partial charge in [0.25, 0.3) is 0 Å². The number of hydrogen-bond acceptors (Lipinski definition) is 3. The fourth-order valence-electron chi connectivity index (χ4n) is 3.59. The summed E-state index contributed by atoms with van der Waals surface area (Å²) in [6.45, 7) is 13.7. The van der Waals surface area contributed by atoms with Crippen LogP contribution in [0.5, 0.6) is 0 Å². The van der Waals surface area contributed by atoms with Crippen LogP contribution in [-0.2, 0) is 4.74 Å². The van der Waals surface area contributed by atoms with Gasteiger partial charge in [0.1, 0.15) is 0 Å². The molecule has 1 aliphatic carbocycles. The minimum absolute atomic E-state index is 0.444. The maximum Gasteiger partial charge on any atom is 0.0589 e. The molecule has 3 heteroatoms. The van der Waals surface area contributed by atoms with Crippen LogP contribution in [-0.4, -0.2) is 51.3 Å². The van der Waals surface area contributed by atoms with E-state index in [9.17, 15) is 0 Å². The zero-order chi connectivity index (χ0) is 15.9. The van der Waals surface area contributed by atoms with Gasteiger partial charge in [0, 0.05) is 26.2 Å². The van der Waals surface area contributed by atoms with Crippen molar-refractivity contribution in [1.82, 2.24) is 10.2 Å². The van der Waals surface area contributed by atoms with Gasteiger partial charge in [-0.25, -0.2) is 0 Å². The van der Waals surface area contributed by atoms with E-state index in [2.05, 4.69) is 45.0 Å². The molecule has 0 aliphatic heterocycles. The predicted molar refractivity (Wildman–Crippen MR) is 91.7 cm³/mol. The monoisotopic (exact) mass is 298 g/mol. The molecule has 0 heterocycles. The summed E-state index contributed by atoms with van der Waals surface area (Å²) in [4.78, 5) is 2.44. The van der Waals surface area contributed by atoms with E-state index >= 15 is 0 Å². The van der Waals surface area contributed by atoms with Crippen molar-refractivity contribution in [1.29, 1.82) is 0 Å². The molecular formula is C18H38N2O. The lowest BCUT2D eigenvalue weighted by atomic mass is 9.67. The quantitative estimate of drug-likeness (QED) is 0.743. The number of ether oxygens (including phenoxy) is 1. The average Bonchev–Trinajstić information content (AvgIpc) is 2.42. The standard InChI is InChI=1S/C18H38N2O/c1-7-10-19-17-9-8-16(18(2,3)4)13-15(17)14-20(5)11-12-21-6/h15-17,19H,7-14H2,1-6H3. The van der Waals surface area contributed by atoms with Gasteiger partial charge in [-0.05, 0) is 56.5 Å². The van der Waals surface area contributed by atoms with Crippen LogP contribution in [0, 0.1) is 17.3 Å². The molecule has 0 amide bonds. The molecule has 0 aromatic carbocycles. The van der Waals surface area contributed by atoms with Gasteiger partial charge in [0.2, 0.25) is 0 Å². The van der Waals surface area contributed by atoms with E-state index in [0.29, 0.717) is 11.5 Å². The second-order valence-electron chi connectivity index (χ2n) is 7.95. The fraction of sp³-hybridized carbons (Fsp3) is 1.00. The third-order valence-electron chi connectivity index (χ3n) is 5.09. The molecule has 0 bridgehead atoms. The molecule has 126 valence electrons. The van der Waals surface area contributed by atoms with Crippen molar-refractivity contribution >= 4 is 0 Å². The maximum absolute atomic E-state index is 5.21. The highest BCUT2D eigenvalue weighted by Crippen LogP contribution is 2.40. The minimum Gasteiger partial charge on any atom is -0.383 e. The van der Waals surface area contributed by atoms with E-state index < -0.39 is 0 Å². The van der Waals surface area contributed by atoms with Gasteiger partial charge in [-0.2, -0.15) is 0 Å². The Hall–Kier alpha value is -0.120. The molecule has 0 spiro atoms. The Morgan fingerprint density at radius 2 is 1.95 bits per heavy atom. The number of likely N-dealkylation sites (N-methyl/N-ethyl adjacent to an activating group) is 1. The zero-order valence-electron chi connectivity index (χ0n) is 15.2. The Bertz CT molecular complexity index is 275. The van der Waals surface area contributed by atoms with Gasteiger partial charge < -0.3 is 15.0 Å². The molecule has 0 saturated heterocycles. The first-order chi connectivity index (χ1) is 9.88. The highest BCUT2D eigenvalue weighted by atomic mass is 16.5. The molecule has 21 heavy (non-hydrogen) atoms. The first-order valence-electron chi connectivity index (χ1n) is 8.79. The number of hydrogen-bond donors (Lipinski definition) is 1. The van der Waals surface area contributed by atoms with E-state index in [0.717, 1.165) is 31.5 Å². The van der Waals surface area contributed by atoms with Crippen LogP contribution in [0.15, 0.2) is 0 Å². The lowest BCUT2D eigenvalue weighted by Crippen LogP contribution is -2.47. The number of nitrogens with one attached hydrogen (secondary N) is 1. The van der Waals surface area contributed by atoms with Crippen molar-refractivity contribution in [2.24, 2.45) is 17.3 Å². The zero-order valence-corrected chi connectivity index (χ0v) is 15.2. The average molecular weight is 299 g/mol. The molecule has 1 aliphatic rings. The highest BCUT2D eigenvalue weighted by Gasteiger charge is 2.35. The summed E-state index contributed by atoms with van der Waals surface area (Å²) >= 11 is 0. The predicted octanol–water partition coefficient (Wildman–Crippen LogP) is 3.40. The third-order valence-corrected chi connectivity index (χ3v) is 5.09.